The van der Waals surface area contributed by atoms with Crippen molar-refractivity contribution in [1.29, 1.82) is 0 Å². The molecule has 10 nitrogen and oxygen atoms in total. The van der Waals surface area contributed by atoms with Gasteiger partial charge in [-0.3, -0.25) is 14.4 Å². The summed E-state index contributed by atoms with van der Waals surface area (Å²) in [5.74, 6) is -1.88. The number of hydrogen-bond donors (Lipinski definition) is 0. The Labute approximate surface area is 135 Å². The van der Waals surface area contributed by atoms with Crippen molar-refractivity contribution in [3.05, 3.63) is 41.2 Å². The van der Waals surface area contributed by atoms with Crippen LogP contribution in [0.4, 0.5) is 0 Å². The van der Waals surface area contributed by atoms with Gasteiger partial charge in [-0.2, -0.15) is 4.80 Å². The number of fused-ring (bicyclic) bond motifs is 1. The van der Waals surface area contributed by atoms with Crippen molar-refractivity contribution in [2.24, 2.45) is 0 Å². The van der Waals surface area contributed by atoms with E-state index in [2.05, 4.69) is 15.4 Å². The molecule has 0 atom stereocenters. The van der Waals surface area contributed by atoms with E-state index in [1.807, 2.05) is 0 Å². The average Bonchev–Trinajstić information content (AvgIpc) is 3.15. The molecule has 1 aromatic carbocycles. The Hall–Kier alpha value is -3.14. The number of ether oxygens (including phenoxy) is 1. The Morgan fingerprint density at radius 3 is 2.46 bits per heavy atom. The Morgan fingerprint density at radius 1 is 1.17 bits per heavy atom. The van der Waals surface area contributed by atoms with Gasteiger partial charge in [0.25, 0.3) is 17.6 Å². The van der Waals surface area contributed by atoms with Crippen LogP contribution in [0.3, 0.4) is 0 Å². The summed E-state index contributed by atoms with van der Waals surface area (Å²) in [4.78, 5) is 41.9. The molecule has 24 heavy (non-hydrogen) atoms. The van der Waals surface area contributed by atoms with Crippen molar-refractivity contribution in [2.45, 2.75) is 13.5 Å². The SMILES string of the molecule is CCOC(=O)c1nnn(CCON2C(=O)c3ccccc3C2=O)n1. The zero-order valence-corrected chi connectivity index (χ0v) is 12.7. The maximum atomic E-state index is 12.1. The maximum Gasteiger partial charge on any atom is 0.380 e. The van der Waals surface area contributed by atoms with Gasteiger partial charge in [0.15, 0.2) is 0 Å². The number of imide groups is 1. The van der Waals surface area contributed by atoms with Crippen LogP contribution in [0.2, 0.25) is 0 Å². The molecule has 124 valence electrons. The van der Waals surface area contributed by atoms with Gasteiger partial charge in [0.2, 0.25) is 0 Å². The summed E-state index contributed by atoms with van der Waals surface area (Å²) in [6.45, 7) is 1.92. The molecule has 0 aliphatic carbocycles. The summed E-state index contributed by atoms with van der Waals surface area (Å²) in [5, 5.41) is 11.7. The Balaban J connectivity index is 1.57. The third-order valence-corrected chi connectivity index (χ3v) is 3.18. The summed E-state index contributed by atoms with van der Waals surface area (Å²) in [7, 11) is 0. The number of hydrogen-bond acceptors (Lipinski definition) is 8. The largest absolute Gasteiger partial charge is 0.460 e. The lowest BCUT2D eigenvalue weighted by atomic mass is 10.1. The van der Waals surface area contributed by atoms with Crippen LogP contribution in [0.1, 0.15) is 38.3 Å². The number of hydroxylamine groups is 2. The van der Waals surface area contributed by atoms with Gasteiger partial charge in [-0.25, -0.2) is 4.79 Å². The highest BCUT2D eigenvalue weighted by molar-refractivity contribution is 6.20. The molecule has 2 aromatic rings. The lowest BCUT2D eigenvalue weighted by Crippen LogP contribution is -2.31. The van der Waals surface area contributed by atoms with Gasteiger partial charge in [0.1, 0.15) is 0 Å². The minimum Gasteiger partial charge on any atom is -0.460 e. The van der Waals surface area contributed by atoms with Gasteiger partial charge in [-0.05, 0) is 24.3 Å². The van der Waals surface area contributed by atoms with Crippen LogP contribution in [0.15, 0.2) is 24.3 Å². The third-order valence-electron chi connectivity index (χ3n) is 3.18. The van der Waals surface area contributed by atoms with E-state index in [0.717, 1.165) is 4.80 Å². The van der Waals surface area contributed by atoms with Gasteiger partial charge in [-0.1, -0.05) is 12.1 Å². The topological polar surface area (TPSA) is 117 Å². The number of aromatic nitrogens is 4. The quantitative estimate of drug-likeness (QED) is 0.539. The second-order valence-electron chi connectivity index (χ2n) is 4.71. The number of amides is 2. The van der Waals surface area contributed by atoms with Crippen molar-refractivity contribution in [2.75, 3.05) is 13.2 Å². The first-order valence-electron chi connectivity index (χ1n) is 7.17. The molecular weight excluding hydrogens is 318 g/mol. The Morgan fingerprint density at radius 2 is 1.83 bits per heavy atom. The molecular formula is C14H13N5O5. The molecule has 0 spiro atoms. The summed E-state index contributed by atoms with van der Waals surface area (Å²) >= 11 is 0. The third kappa shape index (κ3) is 2.86. The van der Waals surface area contributed by atoms with E-state index in [9.17, 15) is 14.4 Å². The Bertz CT molecular complexity index is 767. The summed E-state index contributed by atoms with van der Waals surface area (Å²) in [6, 6.07) is 6.46. The highest BCUT2D eigenvalue weighted by Gasteiger charge is 2.36. The number of tetrazole rings is 1. The van der Waals surface area contributed by atoms with Gasteiger partial charge in [-0.15, -0.1) is 15.3 Å². The van der Waals surface area contributed by atoms with E-state index in [4.69, 9.17) is 9.57 Å². The van der Waals surface area contributed by atoms with Crippen LogP contribution in [-0.4, -0.2) is 56.3 Å². The zero-order valence-electron chi connectivity index (χ0n) is 12.7. The normalized spacial score (nSPS) is 13.3. The van der Waals surface area contributed by atoms with Crippen molar-refractivity contribution < 1.29 is 24.0 Å². The second kappa shape index (κ2) is 6.54. The summed E-state index contributed by atoms with van der Waals surface area (Å²) < 4.78 is 4.74. The minimum absolute atomic E-state index is 0.0515. The van der Waals surface area contributed by atoms with Crippen molar-refractivity contribution in [1.82, 2.24) is 25.3 Å². The molecule has 0 saturated heterocycles. The van der Waals surface area contributed by atoms with Crippen LogP contribution >= 0.6 is 0 Å². The molecule has 3 rings (SSSR count). The molecule has 1 aliphatic heterocycles. The average molecular weight is 331 g/mol. The molecule has 1 aliphatic rings. The number of esters is 1. The zero-order chi connectivity index (χ0) is 17.1. The number of benzene rings is 1. The van der Waals surface area contributed by atoms with Crippen LogP contribution in [-0.2, 0) is 16.1 Å². The first-order valence-corrected chi connectivity index (χ1v) is 7.17. The van der Waals surface area contributed by atoms with Crippen LogP contribution in [0, 0.1) is 0 Å². The summed E-state index contributed by atoms with van der Waals surface area (Å²) in [5.41, 5.74) is 0.594. The van der Waals surface area contributed by atoms with Crippen LogP contribution in [0.5, 0.6) is 0 Å². The highest BCUT2D eigenvalue weighted by atomic mass is 16.7. The number of rotatable bonds is 6. The fourth-order valence-electron chi connectivity index (χ4n) is 2.11. The number of carbonyl (C=O) groups excluding carboxylic acids is 3. The Kier molecular flexibility index (Phi) is 4.29. The fraction of sp³-hybridized carbons (Fsp3) is 0.286. The van der Waals surface area contributed by atoms with E-state index in [1.165, 1.54) is 0 Å². The molecule has 10 heteroatoms. The molecule has 2 amide bonds. The minimum atomic E-state index is -0.676. The van der Waals surface area contributed by atoms with Crippen LogP contribution in [0.25, 0.3) is 0 Å². The van der Waals surface area contributed by atoms with E-state index in [0.29, 0.717) is 16.2 Å². The first-order chi connectivity index (χ1) is 11.6. The van der Waals surface area contributed by atoms with E-state index >= 15 is 0 Å². The molecule has 0 bridgehead atoms. The smallest absolute Gasteiger partial charge is 0.380 e. The molecule has 1 aromatic heterocycles. The molecule has 2 heterocycles. The standard InChI is InChI=1S/C14H13N5O5/c1-2-23-14(22)11-15-17-18(16-11)7-8-24-19-12(20)9-5-3-4-6-10(9)13(19)21/h3-6H,2,7-8H2,1H3. The molecule has 0 fully saturated rings. The molecule has 0 saturated carbocycles. The molecule has 0 N–H and O–H groups in total. The molecule has 0 radical (unpaired) electrons. The van der Waals surface area contributed by atoms with E-state index < -0.39 is 17.8 Å². The predicted octanol–water partition coefficient (Wildman–Crippen LogP) is 0.0776. The monoisotopic (exact) mass is 331 g/mol. The fourth-order valence-corrected chi connectivity index (χ4v) is 2.11. The van der Waals surface area contributed by atoms with Gasteiger partial charge in [0.05, 0.1) is 30.9 Å². The van der Waals surface area contributed by atoms with Crippen LogP contribution < -0.4 is 0 Å². The van der Waals surface area contributed by atoms with E-state index in [-0.39, 0.29) is 25.6 Å². The predicted molar refractivity (Wildman–Crippen MR) is 76.7 cm³/mol. The lowest BCUT2D eigenvalue weighted by molar-refractivity contribution is -0.0948. The van der Waals surface area contributed by atoms with Crippen molar-refractivity contribution in [3.8, 4) is 0 Å². The van der Waals surface area contributed by atoms with Gasteiger partial charge < -0.3 is 4.74 Å². The highest BCUT2D eigenvalue weighted by Crippen LogP contribution is 2.22. The van der Waals surface area contributed by atoms with Crippen molar-refractivity contribution in [3.63, 3.8) is 0 Å². The molecule has 0 unspecified atom stereocenters. The van der Waals surface area contributed by atoms with E-state index in [1.54, 1.807) is 31.2 Å². The second-order valence-corrected chi connectivity index (χ2v) is 4.71. The van der Waals surface area contributed by atoms with Gasteiger partial charge in [0, 0.05) is 0 Å². The maximum absolute atomic E-state index is 12.1. The summed E-state index contributed by atoms with van der Waals surface area (Å²) in [6.07, 6.45) is 0. The van der Waals surface area contributed by atoms with Crippen molar-refractivity contribution >= 4 is 17.8 Å². The number of nitrogens with zero attached hydrogens (tertiary/aromatic N) is 5. The number of carbonyl (C=O) groups is 3. The first kappa shape index (κ1) is 15.7. The van der Waals surface area contributed by atoms with Gasteiger partial charge >= 0.3 is 5.97 Å². The lowest BCUT2D eigenvalue weighted by Gasteiger charge is -2.12.